The third-order valence-electron chi connectivity index (χ3n) is 2.04. The van der Waals surface area contributed by atoms with Crippen LogP contribution in [0, 0.1) is 6.92 Å². The van der Waals surface area contributed by atoms with Gasteiger partial charge < -0.3 is 5.32 Å². The minimum absolute atomic E-state index is 0.122. The zero-order chi connectivity index (χ0) is 12.7. The summed E-state index contributed by atoms with van der Waals surface area (Å²) >= 11 is 1.24. The van der Waals surface area contributed by atoms with Gasteiger partial charge in [-0.3, -0.25) is 4.72 Å². The molecule has 0 saturated heterocycles. The molecule has 98 valence electrons. The molecule has 0 amide bonds. The molecule has 2 N–H and O–H groups in total. The van der Waals surface area contributed by atoms with Crippen molar-refractivity contribution in [1.82, 2.24) is 15.5 Å². The summed E-state index contributed by atoms with van der Waals surface area (Å²) in [5.41, 5.74) is 0. The highest BCUT2D eigenvalue weighted by molar-refractivity contribution is 7.92. The van der Waals surface area contributed by atoms with Gasteiger partial charge in [0.1, 0.15) is 5.01 Å². The van der Waals surface area contributed by atoms with Crippen LogP contribution in [0.4, 0.5) is 5.13 Å². The fourth-order valence-corrected chi connectivity index (χ4v) is 3.22. The average Bonchev–Trinajstić information content (AvgIpc) is 2.62. The lowest BCUT2D eigenvalue weighted by Gasteiger charge is -2.04. The van der Waals surface area contributed by atoms with Crippen LogP contribution in [0.25, 0.3) is 0 Å². The molecular formula is C9H18N4O2S2. The molecule has 0 atom stereocenters. The minimum atomic E-state index is -3.28. The molecule has 6 nitrogen and oxygen atoms in total. The fourth-order valence-electron chi connectivity index (χ4n) is 1.24. The highest BCUT2D eigenvalue weighted by atomic mass is 32.2. The van der Waals surface area contributed by atoms with Crippen molar-refractivity contribution in [1.29, 1.82) is 0 Å². The summed E-state index contributed by atoms with van der Waals surface area (Å²) in [6.07, 6.45) is 1.49. The maximum absolute atomic E-state index is 11.6. The van der Waals surface area contributed by atoms with Crippen LogP contribution in [0.5, 0.6) is 0 Å². The van der Waals surface area contributed by atoms with Crippen molar-refractivity contribution in [2.24, 2.45) is 0 Å². The largest absolute Gasteiger partial charge is 0.317 e. The first-order valence-electron chi connectivity index (χ1n) is 5.55. The Balaban J connectivity index is 2.31. The second-order valence-corrected chi connectivity index (χ2v) is 6.63. The van der Waals surface area contributed by atoms with Gasteiger partial charge >= 0.3 is 0 Å². The second-order valence-electron chi connectivity index (χ2n) is 3.61. The summed E-state index contributed by atoms with van der Waals surface area (Å²) in [4.78, 5) is 0. The van der Waals surface area contributed by atoms with Gasteiger partial charge in [0.2, 0.25) is 15.2 Å². The Labute approximate surface area is 106 Å². The molecule has 0 radical (unpaired) electrons. The lowest BCUT2D eigenvalue weighted by Crippen LogP contribution is -2.19. The normalized spacial score (nSPS) is 11.6. The Morgan fingerprint density at radius 3 is 2.65 bits per heavy atom. The van der Waals surface area contributed by atoms with Crippen LogP contribution in [-0.2, 0) is 10.0 Å². The quantitative estimate of drug-likeness (QED) is 0.692. The highest BCUT2D eigenvalue weighted by Gasteiger charge is 2.12. The van der Waals surface area contributed by atoms with Crippen LogP contribution in [-0.4, -0.2) is 37.5 Å². The Morgan fingerprint density at radius 1 is 1.29 bits per heavy atom. The van der Waals surface area contributed by atoms with Gasteiger partial charge in [-0.05, 0) is 32.9 Å². The maximum Gasteiger partial charge on any atom is 0.234 e. The van der Waals surface area contributed by atoms with Gasteiger partial charge in [-0.1, -0.05) is 18.3 Å². The number of hydrogen-bond acceptors (Lipinski definition) is 6. The van der Waals surface area contributed by atoms with E-state index in [0.717, 1.165) is 24.5 Å². The molecule has 0 fully saturated rings. The van der Waals surface area contributed by atoms with Crippen molar-refractivity contribution in [2.45, 2.75) is 26.7 Å². The number of hydrogen-bond donors (Lipinski definition) is 2. The molecular weight excluding hydrogens is 260 g/mol. The van der Waals surface area contributed by atoms with Crippen LogP contribution in [0.2, 0.25) is 0 Å². The van der Waals surface area contributed by atoms with E-state index in [1.165, 1.54) is 11.3 Å². The first kappa shape index (κ1) is 14.3. The van der Waals surface area contributed by atoms with E-state index in [9.17, 15) is 8.42 Å². The highest BCUT2D eigenvalue weighted by Crippen LogP contribution is 2.15. The molecule has 0 spiro atoms. The van der Waals surface area contributed by atoms with Crippen LogP contribution in [0.1, 0.15) is 24.8 Å². The van der Waals surface area contributed by atoms with Gasteiger partial charge in [-0.25, -0.2) is 8.42 Å². The third kappa shape index (κ3) is 5.94. The van der Waals surface area contributed by atoms with Gasteiger partial charge in [0.15, 0.2) is 0 Å². The van der Waals surface area contributed by atoms with Crippen molar-refractivity contribution in [3.8, 4) is 0 Å². The molecule has 0 bridgehead atoms. The molecule has 0 saturated carbocycles. The van der Waals surface area contributed by atoms with Crippen LogP contribution in [0.3, 0.4) is 0 Å². The summed E-state index contributed by atoms with van der Waals surface area (Å²) in [7, 11) is -3.28. The molecule has 0 aliphatic carbocycles. The molecule has 0 unspecified atom stereocenters. The minimum Gasteiger partial charge on any atom is -0.317 e. The first-order valence-corrected chi connectivity index (χ1v) is 8.01. The number of nitrogens with zero attached hydrogens (tertiary/aromatic N) is 2. The summed E-state index contributed by atoms with van der Waals surface area (Å²) in [5.74, 6) is 0.122. The summed E-state index contributed by atoms with van der Waals surface area (Å²) in [6.45, 7) is 5.57. The monoisotopic (exact) mass is 278 g/mol. The molecule has 1 aromatic heterocycles. The molecule has 8 heteroatoms. The van der Waals surface area contributed by atoms with Crippen molar-refractivity contribution >= 4 is 26.5 Å². The number of aryl methyl sites for hydroxylation is 1. The van der Waals surface area contributed by atoms with E-state index in [2.05, 4.69) is 20.2 Å². The molecule has 17 heavy (non-hydrogen) atoms. The van der Waals surface area contributed by atoms with E-state index in [1.54, 1.807) is 6.92 Å². The fraction of sp³-hybridized carbons (Fsp3) is 0.778. The number of rotatable bonds is 8. The predicted octanol–water partition coefficient (Wildman–Crippen LogP) is 0.978. The Morgan fingerprint density at radius 2 is 2.06 bits per heavy atom. The van der Waals surface area contributed by atoms with Gasteiger partial charge in [0, 0.05) is 0 Å². The molecule has 0 aliphatic heterocycles. The predicted molar refractivity (Wildman–Crippen MR) is 69.8 cm³/mol. The average molecular weight is 278 g/mol. The second kappa shape index (κ2) is 6.87. The zero-order valence-electron chi connectivity index (χ0n) is 10.1. The first-order chi connectivity index (χ1) is 8.03. The van der Waals surface area contributed by atoms with Crippen LogP contribution >= 0.6 is 11.3 Å². The number of aromatic nitrogens is 2. The number of nitrogens with one attached hydrogen (secondary N) is 2. The van der Waals surface area contributed by atoms with Crippen molar-refractivity contribution in [2.75, 3.05) is 23.6 Å². The maximum atomic E-state index is 11.6. The van der Waals surface area contributed by atoms with E-state index in [1.807, 2.05) is 6.92 Å². The van der Waals surface area contributed by atoms with Crippen molar-refractivity contribution < 1.29 is 8.42 Å². The SMILES string of the molecule is CCNCCCCS(=O)(=O)Nc1nnc(C)s1. The van der Waals surface area contributed by atoms with E-state index in [0.29, 0.717) is 11.6 Å². The lowest BCUT2D eigenvalue weighted by atomic mass is 10.3. The Kier molecular flexibility index (Phi) is 5.79. The van der Waals surface area contributed by atoms with E-state index in [4.69, 9.17) is 0 Å². The topological polar surface area (TPSA) is 84.0 Å². The zero-order valence-corrected chi connectivity index (χ0v) is 11.7. The smallest absolute Gasteiger partial charge is 0.234 e. The van der Waals surface area contributed by atoms with Gasteiger partial charge in [-0.15, -0.1) is 10.2 Å². The Bertz CT molecular complexity index is 430. The van der Waals surface area contributed by atoms with Gasteiger partial charge in [-0.2, -0.15) is 0 Å². The van der Waals surface area contributed by atoms with E-state index in [-0.39, 0.29) is 5.75 Å². The van der Waals surface area contributed by atoms with Gasteiger partial charge in [0.25, 0.3) is 0 Å². The molecule has 0 aromatic carbocycles. The summed E-state index contributed by atoms with van der Waals surface area (Å²) < 4.78 is 25.7. The van der Waals surface area contributed by atoms with Crippen LogP contribution in [0.15, 0.2) is 0 Å². The Hall–Kier alpha value is -0.730. The number of anilines is 1. The summed E-state index contributed by atoms with van der Waals surface area (Å²) in [5, 5.41) is 11.7. The van der Waals surface area contributed by atoms with Gasteiger partial charge in [0.05, 0.1) is 5.75 Å². The van der Waals surface area contributed by atoms with Crippen LogP contribution < -0.4 is 10.0 Å². The van der Waals surface area contributed by atoms with Crippen molar-refractivity contribution in [3.05, 3.63) is 5.01 Å². The standard InChI is InChI=1S/C9H18N4O2S2/c1-3-10-6-4-5-7-17(14,15)13-9-12-11-8(2)16-9/h10H,3-7H2,1-2H3,(H,12,13). The van der Waals surface area contributed by atoms with Crippen molar-refractivity contribution in [3.63, 3.8) is 0 Å². The molecule has 1 rings (SSSR count). The lowest BCUT2D eigenvalue weighted by molar-refractivity contribution is 0.593. The molecule has 1 aromatic rings. The molecule has 0 aliphatic rings. The van der Waals surface area contributed by atoms with E-state index < -0.39 is 10.0 Å². The third-order valence-corrected chi connectivity index (χ3v) is 4.25. The number of sulfonamides is 1. The van der Waals surface area contributed by atoms with E-state index >= 15 is 0 Å². The summed E-state index contributed by atoms with van der Waals surface area (Å²) in [6, 6.07) is 0. The molecule has 1 heterocycles. The number of unbranched alkanes of at least 4 members (excludes halogenated alkanes) is 1.